The Balaban J connectivity index is 2.01. The Morgan fingerprint density at radius 3 is 2.82 bits per heavy atom. The predicted molar refractivity (Wildman–Crippen MR) is 64.6 cm³/mol. The lowest BCUT2D eigenvalue weighted by atomic mass is 10.2. The minimum absolute atomic E-state index is 0.356. The molecule has 1 aromatic carbocycles. The predicted octanol–water partition coefficient (Wildman–Crippen LogP) is 1.63. The number of nitrogen functional groups attached to an aromatic ring is 1. The fourth-order valence-electron chi connectivity index (χ4n) is 1.28. The van der Waals surface area contributed by atoms with Crippen LogP contribution in [-0.4, -0.2) is 12.1 Å². The van der Waals surface area contributed by atoms with Crippen molar-refractivity contribution in [2.24, 2.45) is 5.10 Å². The van der Waals surface area contributed by atoms with Crippen LogP contribution in [0.25, 0.3) is 0 Å². The highest BCUT2D eigenvalue weighted by Crippen LogP contribution is 2.09. The van der Waals surface area contributed by atoms with Gasteiger partial charge >= 0.3 is 0 Å². The van der Waals surface area contributed by atoms with Crippen LogP contribution < -0.4 is 11.2 Å². The molecule has 0 radical (unpaired) electrons. The molecular weight excluding hydrogens is 218 g/mol. The van der Waals surface area contributed by atoms with Gasteiger partial charge in [-0.2, -0.15) is 5.10 Å². The molecule has 3 N–H and O–H groups in total. The average Bonchev–Trinajstić information content (AvgIpc) is 2.82. The van der Waals surface area contributed by atoms with Gasteiger partial charge in [-0.1, -0.05) is 12.1 Å². The fraction of sp³-hybridized carbons (Fsp3) is 0. The summed E-state index contributed by atoms with van der Waals surface area (Å²) < 4.78 is 5.02. The number of nitrogens with zero attached hydrogens (tertiary/aromatic N) is 1. The SMILES string of the molecule is Nc1ccccc1C(=O)N/N=C\c1ccco1. The Kier molecular flexibility index (Phi) is 3.20. The summed E-state index contributed by atoms with van der Waals surface area (Å²) >= 11 is 0. The van der Waals surface area contributed by atoms with Crippen LogP contribution in [0.1, 0.15) is 16.1 Å². The summed E-state index contributed by atoms with van der Waals surface area (Å²) in [5.41, 5.74) is 8.83. The number of carbonyl (C=O) groups excluding carboxylic acids is 1. The van der Waals surface area contributed by atoms with Crippen molar-refractivity contribution in [3.63, 3.8) is 0 Å². The second-order valence-electron chi connectivity index (χ2n) is 3.30. The molecule has 0 aliphatic carbocycles. The molecule has 0 bridgehead atoms. The number of benzene rings is 1. The minimum Gasteiger partial charge on any atom is -0.463 e. The molecule has 0 aliphatic heterocycles. The van der Waals surface area contributed by atoms with E-state index in [-0.39, 0.29) is 5.91 Å². The van der Waals surface area contributed by atoms with Crippen LogP contribution in [0.3, 0.4) is 0 Å². The van der Waals surface area contributed by atoms with Gasteiger partial charge in [0.1, 0.15) is 5.76 Å². The molecule has 0 unspecified atom stereocenters. The molecule has 1 aromatic heterocycles. The zero-order chi connectivity index (χ0) is 12.1. The van der Waals surface area contributed by atoms with E-state index < -0.39 is 0 Å². The number of hydrogen-bond acceptors (Lipinski definition) is 4. The lowest BCUT2D eigenvalue weighted by Gasteiger charge is -2.02. The van der Waals surface area contributed by atoms with Crippen LogP contribution in [-0.2, 0) is 0 Å². The van der Waals surface area contributed by atoms with Crippen molar-refractivity contribution < 1.29 is 9.21 Å². The monoisotopic (exact) mass is 229 g/mol. The first-order valence-corrected chi connectivity index (χ1v) is 4.99. The van der Waals surface area contributed by atoms with E-state index in [1.54, 1.807) is 36.4 Å². The van der Waals surface area contributed by atoms with E-state index in [4.69, 9.17) is 10.2 Å². The van der Waals surface area contributed by atoms with E-state index in [9.17, 15) is 4.79 Å². The van der Waals surface area contributed by atoms with Crippen LogP contribution in [0.4, 0.5) is 5.69 Å². The molecule has 17 heavy (non-hydrogen) atoms. The minimum atomic E-state index is -0.356. The van der Waals surface area contributed by atoms with Gasteiger partial charge in [0.2, 0.25) is 0 Å². The molecular formula is C12H11N3O2. The molecule has 2 aromatic rings. The van der Waals surface area contributed by atoms with Crippen molar-refractivity contribution in [2.45, 2.75) is 0 Å². The summed E-state index contributed by atoms with van der Waals surface area (Å²) in [7, 11) is 0. The van der Waals surface area contributed by atoms with Crippen LogP contribution >= 0.6 is 0 Å². The Bertz CT molecular complexity index is 532. The Hall–Kier alpha value is -2.56. The summed E-state index contributed by atoms with van der Waals surface area (Å²) in [4.78, 5) is 11.7. The van der Waals surface area contributed by atoms with Gasteiger partial charge < -0.3 is 10.2 Å². The first kappa shape index (κ1) is 10.9. The number of nitrogens with two attached hydrogens (primary N) is 1. The number of hydrogen-bond donors (Lipinski definition) is 2. The molecule has 0 fully saturated rings. The molecule has 86 valence electrons. The van der Waals surface area contributed by atoms with Crippen molar-refractivity contribution in [1.29, 1.82) is 0 Å². The maximum atomic E-state index is 11.7. The van der Waals surface area contributed by atoms with Gasteiger partial charge in [0.05, 0.1) is 18.0 Å². The molecule has 0 aliphatic rings. The highest BCUT2D eigenvalue weighted by atomic mass is 16.3. The number of para-hydroxylation sites is 1. The van der Waals surface area contributed by atoms with Crippen molar-refractivity contribution in [1.82, 2.24) is 5.43 Å². The lowest BCUT2D eigenvalue weighted by molar-refractivity contribution is 0.0956. The summed E-state index contributed by atoms with van der Waals surface area (Å²) in [6.07, 6.45) is 2.94. The summed E-state index contributed by atoms with van der Waals surface area (Å²) in [5, 5.41) is 3.76. The van der Waals surface area contributed by atoms with Gasteiger partial charge in [-0.3, -0.25) is 4.79 Å². The Morgan fingerprint density at radius 2 is 2.12 bits per heavy atom. The van der Waals surface area contributed by atoms with E-state index in [0.29, 0.717) is 17.0 Å². The number of furan rings is 1. The fourth-order valence-corrected chi connectivity index (χ4v) is 1.28. The number of rotatable bonds is 3. The molecule has 0 saturated heterocycles. The molecule has 0 spiro atoms. The maximum absolute atomic E-state index is 11.7. The second-order valence-corrected chi connectivity index (χ2v) is 3.30. The van der Waals surface area contributed by atoms with E-state index in [1.165, 1.54) is 12.5 Å². The highest BCUT2D eigenvalue weighted by Gasteiger charge is 2.06. The molecule has 0 saturated carbocycles. The molecule has 1 amide bonds. The number of nitrogens with one attached hydrogen (secondary N) is 1. The quantitative estimate of drug-likeness (QED) is 0.476. The van der Waals surface area contributed by atoms with Crippen molar-refractivity contribution in [2.75, 3.05) is 5.73 Å². The molecule has 5 heteroatoms. The lowest BCUT2D eigenvalue weighted by Crippen LogP contribution is -2.18. The van der Waals surface area contributed by atoms with E-state index >= 15 is 0 Å². The van der Waals surface area contributed by atoms with Gasteiger partial charge in [0, 0.05) is 5.69 Å². The van der Waals surface area contributed by atoms with Gasteiger partial charge in [-0.05, 0) is 24.3 Å². The molecule has 5 nitrogen and oxygen atoms in total. The summed E-state index contributed by atoms with van der Waals surface area (Å²) in [6, 6.07) is 10.3. The average molecular weight is 229 g/mol. The van der Waals surface area contributed by atoms with Crippen LogP contribution in [0, 0.1) is 0 Å². The van der Waals surface area contributed by atoms with Gasteiger partial charge in [0.15, 0.2) is 0 Å². The largest absolute Gasteiger partial charge is 0.463 e. The molecule has 2 rings (SSSR count). The third-order valence-corrected chi connectivity index (χ3v) is 2.11. The maximum Gasteiger partial charge on any atom is 0.273 e. The number of amides is 1. The number of carbonyl (C=O) groups is 1. The zero-order valence-electron chi connectivity index (χ0n) is 8.96. The normalized spacial score (nSPS) is 10.6. The number of anilines is 1. The van der Waals surface area contributed by atoms with Gasteiger partial charge in [0.25, 0.3) is 5.91 Å². The van der Waals surface area contributed by atoms with Crippen LogP contribution in [0.5, 0.6) is 0 Å². The molecule has 1 heterocycles. The van der Waals surface area contributed by atoms with Crippen molar-refractivity contribution in [3.8, 4) is 0 Å². The smallest absolute Gasteiger partial charge is 0.273 e. The van der Waals surface area contributed by atoms with E-state index in [0.717, 1.165) is 0 Å². The molecule has 0 atom stereocenters. The first-order valence-electron chi connectivity index (χ1n) is 4.99. The summed E-state index contributed by atoms with van der Waals surface area (Å²) in [6.45, 7) is 0. The standard InChI is InChI=1S/C12H11N3O2/c13-11-6-2-1-5-10(11)12(16)15-14-8-9-4-3-7-17-9/h1-8H,13H2,(H,15,16)/b14-8-. The van der Waals surface area contributed by atoms with Crippen LogP contribution in [0.2, 0.25) is 0 Å². The van der Waals surface area contributed by atoms with Gasteiger partial charge in [-0.25, -0.2) is 5.43 Å². The topological polar surface area (TPSA) is 80.6 Å². The van der Waals surface area contributed by atoms with E-state index in [1.807, 2.05) is 0 Å². The number of hydrazone groups is 1. The summed E-state index contributed by atoms with van der Waals surface area (Å²) in [5.74, 6) is 0.206. The first-order chi connectivity index (χ1) is 8.27. The second kappa shape index (κ2) is 4.98. The Morgan fingerprint density at radius 1 is 1.29 bits per heavy atom. The third kappa shape index (κ3) is 2.72. The van der Waals surface area contributed by atoms with E-state index in [2.05, 4.69) is 10.5 Å². The van der Waals surface area contributed by atoms with Crippen molar-refractivity contribution in [3.05, 3.63) is 54.0 Å². The Labute approximate surface area is 97.9 Å². The highest BCUT2D eigenvalue weighted by molar-refractivity contribution is 5.99. The third-order valence-electron chi connectivity index (χ3n) is 2.11. The van der Waals surface area contributed by atoms with Crippen molar-refractivity contribution >= 4 is 17.8 Å². The van der Waals surface area contributed by atoms with Gasteiger partial charge in [-0.15, -0.1) is 0 Å². The zero-order valence-corrected chi connectivity index (χ0v) is 8.96. The van der Waals surface area contributed by atoms with Crippen LogP contribution in [0.15, 0.2) is 52.2 Å².